The summed E-state index contributed by atoms with van der Waals surface area (Å²) in [5.74, 6) is 2.09. The molecule has 1 aliphatic rings. The second-order valence-electron chi connectivity index (χ2n) is 6.40. The summed E-state index contributed by atoms with van der Waals surface area (Å²) in [6.45, 7) is 7.55. The van der Waals surface area contributed by atoms with Crippen molar-refractivity contribution in [1.82, 2.24) is 20.1 Å². The van der Waals surface area contributed by atoms with Gasteiger partial charge in [-0.25, -0.2) is 9.67 Å². The summed E-state index contributed by atoms with van der Waals surface area (Å²) in [5, 5.41) is 7.97. The average molecular weight is 278 g/mol. The van der Waals surface area contributed by atoms with Gasteiger partial charge in [0.05, 0.1) is 0 Å². The molecule has 0 radical (unpaired) electrons. The molecule has 0 aliphatic heterocycles. The van der Waals surface area contributed by atoms with Gasteiger partial charge in [0, 0.05) is 18.5 Å². The lowest BCUT2D eigenvalue weighted by molar-refractivity contribution is 0.393. The lowest BCUT2D eigenvalue weighted by atomic mass is 9.97. The van der Waals surface area contributed by atoms with E-state index in [4.69, 9.17) is 0 Å². The van der Waals surface area contributed by atoms with Gasteiger partial charge in [0.1, 0.15) is 12.2 Å². The van der Waals surface area contributed by atoms with E-state index in [1.165, 1.54) is 38.5 Å². The Kier molecular flexibility index (Phi) is 6.02. The minimum absolute atomic E-state index is 0.393. The Morgan fingerprint density at radius 1 is 1.35 bits per heavy atom. The number of hydrogen-bond donors (Lipinski definition) is 1. The fourth-order valence-corrected chi connectivity index (χ4v) is 3.37. The Balaban J connectivity index is 1.88. The van der Waals surface area contributed by atoms with E-state index < -0.39 is 0 Å². The van der Waals surface area contributed by atoms with Crippen LogP contribution < -0.4 is 5.32 Å². The average Bonchev–Trinajstić information content (AvgIpc) is 3.07. The van der Waals surface area contributed by atoms with Gasteiger partial charge in [-0.1, -0.05) is 32.6 Å². The highest BCUT2D eigenvalue weighted by molar-refractivity contribution is 4.91. The third-order valence-corrected chi connectivity index (χ3v) is 4.46. The highest BCUT2D eigenvalue weighted by atomic mass is 15.3. The molecule has 20 heavy (non-hydrogen) atoms. The van der Waals surface area contributed by atoms with Crippen LogP contribution in [-0.4, -0.2) is 27.4 Å². The van der Waals surface area contributed by atoms with Gasteiger partial charge >= 0.3 is 0 Å². The smallest absolute Gasteiger partial charge is 0.138 e. The van der Waals surface area contributed by atoms with Gasteiger partial charge < -0.3 is 5.32 Å². The third-order valence-electron chi connectivity index (χ3n) is 4.46. The molecule has 1 fully saturated rings. The topological polar surface area (TPSA) is 42.7 Å². The summed E-state index contributed by atoms with van der Waals surface area (Å²) in [6.07, 6.45) is 11.1. The quantitative estimate of drug-likeness (QED) is 0.793. The van der Waals surface area contributed by atoms with E-state index in [-0.39, 0.29) is 0 Å². The number of rotatable bonds is 8. The van der Waals surface area contributed by atoms with Crippen molar-refractivity contribution in [2.75, 3.05) is 6.54 Å². The molecule has 1 atom stereocenters. The minimum atomic E-state index is 0.393. The van der Waals surface area contributed by atoms with Gasteiger partial charge in [-0.3, -0.25) is 0 Å². The molecule has 0 amide bonds. The maximum absolute atomic E-state index is 4.45. The summed E-state index contributed by atoms with van der Waals surface area (Å²) >= 11 is 0. The minimum Gasteiger partial charge on any atom is -0.314 e. The molecule has 4 heteroatoms. The van der Waals surface area contributed by atoms with Crippen LogP contribution in [0.25, 0.3) is 0 Å². The van der Waals surface area contributed by atoms with Gasteiger partial charge in [0.25, 0.3) is 0 Å². The zero-order valence-electron chi connectivity index (χ0n) is 13.3. The first kappa shape index (κ1) is 15.5. The van der Waals surface area contributed by atoms with Crippen molar-refractivity contribution < 1.29 is 0 Å². The van der Waals surface area contributed by atoms with Crippen LogP contribution in [0.1, 0.15) is 71.2 Å². The van der Waals surface area contributed by atoms with Crippen LogP contribution in [0, 0.1) is 5.92 Å². The van der Waals surface area contributed by atoms with Crippen LogP contribution in [0.4, 0.5) is 0 Å². The summed E-state index contributed by atoms with van der Waals surface area (Å²) < 4.78 is 2.06. The fourth-order valence-electron chi connectivity index (χ4n) is 3.37. The summed E-state index contributed by atoms with van der Waals surface area (Å²) in [6, 6.07) is 0.937. The molecule has 1 aliphatic carbocycles. The molecule has 1 unspecified atom stereocenters. The van der Waals surface area contributed by atoms with Crippen LogP contribution in [-0.2, 0) is 6.42 Å². The van der Waals surface area contributed by atoms with E-state index in [2.05, 4.69) is 40.9 Å². The lowest BCUT2D eigenvalue weighted by Crippen LogP contribution is -2.32. The molecule has 0 saturated heterocycles. The van der Waals surface area contributed by atoms with Crippen molar-refractivity contribution in [1.29, 1.82) is 0 Å². The van der Waals surface area contributed by atoms with Gasteiger partial charge in [0.2, 0.25) is 0 Å². The van der Waals surface area contributed by atoms with Crippen LogP contribution in [0.3, 0.4) is 0 Å². The predicted molar refractivity (Wildman–Crippen MR) is 82.8 cm³/mol. The second kappa shape index (κ2) is 7.77. The molecule has 1 saturated carbocycles. The van der Waals surface area contributed by atoms with Crippen LogP contribution in [0.5, 0.6) is 0 Å². The van der Waals surface area contributed by atoms with Gasteiger partial charge in [0.15, 0.2) is 0 Å². The molecule has 114 valence electrons. The van der Waals surface area contributed by atoms with E-state index in [1.54, 1.807) is 6.33 Å². The summed E-state index contributed by atoms with van der Waals surface area (Å²) in [5.41, 5.74) is 0. The molecular weight excluding hydrogens is 248 g/mol. The Labute approximate surface area is 123 Å². The first-order chi connectivity index (χ1) is 9.70. The standard InChI is InChI=1S/C16H30N4/c1-4-17-15(10-9-14-7-5-6-8-14)11-16-18-12-19-20(16)13(2)3/h12-15,17H,4-11H2,1-3H3. The van der Waals surface area contributed by atoms with Gasteiger partial charge in [-0.05, 0) is 39.2 Å². The first-order valence-corrected chi connectivity index (χ1v) is 8.32. The van der Waals surface area contributed by atoms with Crippen molar-refractivity contribution in [2.45, 2.75) is 77.8 Å². The van der Waals surface area contributed by atoms with Crippen molar-refractivity contribution >= 4 is 0 Å². The van der Waals surface area contributed by atoms with Crippen molar-refractivity contribution in [3.8, 4) is 0 Å². The van der Waals surface area contributed by atoms with Crippen molar-refractivity contribution in [3.05, 3.63) is 12.2 Å². The molecule has 1 N–H and O–H groups in total. The first-order valence-electron chi connectivity index (χ1n) is 8.32. The Bertz CT molecular complexity index is 380. The number of likely N-dealkylation sites (N-methyl/N-ethyl adjacent to an activating group) is 1. The number of nitrogens with zero attached hydrogens (tertiary/aromatic N) is 3. The number of hydrogen-bond acceptors (Lipinski definition) is 3. The third kappa shape index (κ3) is 4.30. The van der Waals surface area contributed by atoms with Crippen molar-refractivity contribution in [2.24, 2.45) is 5.92 Å². The van der Waals surface area contributed by atoms with E-state index >= 15 is 0 Å². The van der Waals surface area contributed by atoms with Crippen LogP contribution in [0.2, 0.25) is 0 Å². The highest BCUT2D eigenvalue weighted by Crippen LogP contribution is 2.29. The van der Waals surface area contributed by atoms with E-state index in [1.807, 2.05) is 0 Å². The monoisotopic (exact) mass is 278 g/mol. The summed E-state index contributed by atoms with van der Waals surface area (Å²) in [7, 11) is 0. The van der Waals surface area contributed by atoms with Crippen LogP contribution in [0.15, 0.2) is 6.33 Å². The summed E-state index contributed by atoms with van der Waals surface area (Å²) in [4.78, 5) is 4.45. The zero-order chi connectivity index (χ0) is 14.4. The molecule has 1 heterocycles. The lowest BCUT2D eigenvalue weighted by Gasteiger charge is -2.20. The zero-order valence-corrected chi connectivity index (χ0v) is 13.3. The Hall–Kier alpha value is -0.900. The predicted octanol–water partition coefficient (Wildman–Crippen LogP) is 3.35. The van der Waals surface area contributed by atoms with Gasteiger partial charge in [-0.2, -0.15) is 5.10 Å². The van der Waals surface area contributed by atoms with Crippen molar-refractivity contribution in [3.63, 3.8) is 0 Å². The Morgan fingerprint density at radius 3 is 2.75 bits per heavy atom. The van der Waals surface area contributed by atoms with Crippen LogP contribution >= 0.6 is 0 Å². The highest BCUT2D eigenvalue weighted by Gasteiger charge is 2.19. The molecule has 1 aromatic heterocycles. The molecule has 4 nitrogen and oxygen atoms in total. The second-order valence-corrected chi connectivity index (χ2v) is 6.40. The molecule has 0 aromatic carbocycles. The van der Waals surface area contributed by atoms with E-state index in [9.17, 15) is 0 Å². The normalized spacial score (nSPS) is 18.0. The Morgan fingerprint density at radius 2 is 2.10 bits per heavy atom. The number of nitrogens with one attached hydrogen (secondary N) is 1. The number of aromatic nitrogens is 3. The van der Waals surface area contributed by atoms with Gasteiger partial charge in [-0.15, -0.1) is 0 Å². The maximum Gasteiger partial charge on any atom is 0.138 e. The molecule has 0 bridgehead atoms. The maximum atomic E-state index is 4.45. The largest absolute Gasteiger partial charge is 0.314 e. The molecule has 1 aromatic rings. The SMILES string of the molecule is CCNC(CCC1CCCC1)Cc1ncnn1C(C)C. The molecule has 0 spiro atoms. The molecule has 2 rings (SSSR count). The van der Waals surface area contributed by atoms with E-state index in [0.717, 1.165) is 24.7 Å². The fraction of sp³-hybridized carbons (Fsp3) is 0.875. The van der Waals surface area contributed by atoms with E-state index in [0.29, 0.717) is 12.1 Å². The molecular formula is C16H30N4.